The van der Waals surface area contributed by atoms with Crippen LogP contribution in [0.3, 0.4) is 0 Å². The van der Waals surface area contributed by atoms with E-state index in [0.29, 0.717) is 17.5 Å². The minimum atomic E-state index is -0.491. The third kappa shape index (κ3) is 6.12. The Balaban J connectivity index is 2.69. The van der Waals surface area contributed by atoms with E-state index < -0.39 is 5.60 Å². The van der Waals surface area contributed by atoms with Gasteiger partial charge in [-0.2, -0.15) is 0 Å². The number of rotatable bonds is 6. The van der Waals surface area contributed by atoms with Crippen molar-refractivity contribution in [1.29, 1.82) is 0 Å². The molecule has 0 heterocycles. The highest BCUT2D eigenvalue weighted by molar-refractivity contribution is 7.80. The number of nitrogens with zero attached hydrogens (tertiary/aromatic N) is 1. The van der Waals surface area contributed by atoms with Gasteiger partial charge >= 0.3 is 5.97 Å². The van der Waals surface area contributed by atoms with E-state index in [0.717, 1.165) is 12.8 Å². The molecule has 0 amide bonds. The van der Waals surface area contributed by atoms with Crippen molar-refractivity contribution >= 4 is 29.0 Å². The summed E-state index contributed by atoms with van der Waals surface area (Å²) >= 11 is 5.52. The molecule has 120 valence electrons. The summed E-state index contributed by atoms with van der Waals surface area (Å²) < 4.78 is 5.39. The molecule has 1 aliphatic rings. The average Bonchev–Trinajstić information content (AvgIpc) is 2.20. The predicted octanol–water partition coefficient (Wildman–Crippen LogP) is 3.13. The van der Waals surface area contributed by atoms with Gasteiger partial charge < -0.3 is 14.4 Å². The maximum absolute atomic E-state index is 12.1. The van der Waals surface area contributed by atoms with Crippen LogP contribution in [0.4, 0.5) is 0 Å². The van der Waals surface area contributed by atoms with E-state index in [4.69, 9.17) is 17.0 Å². The van der Waals surface area contributed by atoms with Crippen molar-refractivity contribution in [2.45, 2.75) is 71.9 Å². The van der Waals surface area contributed by atoms with Gasteiger partial charge in [-0.3, -0.25) is 4.79 Å². The molecule has 0 saturated heterocycles. The third-order valence-electron chi connectivity index (χ3n) is 3.53. The molecule has 0 radical (unpaired) electrons. The Bertz CT molecular complexity index is 410. The van der Waals surface area contributed by atoms with Gasteiger partial charge in [0.25, 0.3) is 0 Å². The van der Waals surface area contributed by atoms with Gasteiger partial charge in [-0.15, -0.1) is 0 Å². The first-order chi connectivity index (χ1) is 9.60. The van der Waals surface area contributed by atoms with E-state index >= 15 is 0 Å². The SMILES string of the molecule is CC(=O)CC(C)C(=S)N(CC(=O)OC(C)(C)C)C1CCC1. The van der Waals surface area contributed by atoms with Crippen molar-refractivity contribution in [1.82, 2.24) is 4.90 Å². The van der Waals surface area contributed by atoms with Crippen molar-refractivity contribution in [2.75, 3.05) is 6.54 Å². The van der Waals surface area contributed by atoms with Crippen LogP contribution in [0.25, 0.3) is 0 Å². The Kier molecular flexibility index (Phi) is 6.32. The molecule has 0 N–H and O–H groups in total. The first-order valence-electron chi connectivity index (χ1n) is 7.62. The molecular formula is C16H27NO3S. The Morgan fingerprint density at radius 3 is 2.29 bits per heavy atom. The van der Waals surface area contributed by atoms with Crippen LogP contribution in [0.2, 0.25) is 0 Å². The number of ketones is 1. The summed E-state index contributed by atoms with van der Waals surface area (Å²) in [6.45, 7) is 9.27. The summed E-state index contributed by atoms with van der Waals surface area (Å²) in [6.07, 6.45) is 3.70. The number of carbonyl (C=O) groups is 2. The Morgan fingerprint density at radius 2 is 1.90 bits per heavy atom. The van der Waals surface area contributed by atoms with Gasteiger partial charge in [0, 0.05) is 18.4 Å². The highest BCUT2D eigenvalue weighted by Gasteiger charge is 2.31. The lowest BCUT2D eigenvalue weighted by atomic mass is 9.90. The number of esters is 1. The van der Waals surface area contributed by atoms with E-state index in [1.165, 1.54) is 6.42 Å². The van der Waals surface area contributed by atoms with Crippen molar-refractivity contribution in [3.63, 3.8) is 0 Å². The van der Waals surface area contributed by atoms with E-state index in [1.807, 2.05) is 32.6 Å². The van der Waals surface area contributed by atoms with Crippen molar-refractivity contribution < 1.29 is 14.3 Å². The van der Waals surface area contributed by atoms with E-state index in [-0.39, 0.29) is 24.2 Å². The first-order valence-corrected chi connectivity index (χ1v) is 8.02. The average molecular weight is 313 g/mol. The molecular weight excluding hydrogens is 286 g/mol. The van der Waals surface area contributed by atoms with E-state index in [9.17, 15) is 9.59 Å². The zero-order valence-corrected chi connectivity index (χ0v) is 14.6. The molecule has 1 aliphatic carbocycles. The summed E-state index contributed by atoms with van der Waals surface area (Å²) in [7, 11) is 0. The van der Waals surface area contributed by atoms with Gasteiger partial charge in [0.2, 0.25) is 0 Å². The Morgan fingerprint density at radius 1 is 1.33 bits per heavy atom. The molecule has 4 nitrogen and oxygen atoms in total. The topological polar surface area (TPSA) is 46.6 Å². The molecule has 1 saturated carbocycles. The quantitative estimate of drug-likeness (QED) is 0.557. The second-order valence-electron chi connectivity index (χ2n) is 6.94. The normalized spacial score (nSPS) is 16.8. The number of hydrogen-bond acceptors (Lipinski definition) is 4. The van der Waals surface area contributed by atoms with Crippen molar-refractivity contribution in [3.05, 3.63) is 0 Å². The standard InChI is InChI=1S/C16H27NO3S/c1-11(9-12(2)18)15(21)17(13-7-6-8-13)10-14(19)20-16(3,4)5/h11,13H,6-10H2,1-5H3. The summed E-state index contributed by atoms with van der Waals surface area (Å²) in [5.74, 6) is -0.150. The molecule has 0 bridgehead atoms. The molecule has 1 unspecified atom stereocenters. The molecule has 0 aliphatic heterocycles. The Labute approximate surface area is 133 Å². The van der Waals surface area contributed by atoms with Gasteiger partial charge in [-0.1, -0.05) is 19.1 Å². The van der Waals surface area contributed by atoms with Crippen LogP contribution in [0.15, 0.2) is 0 Å². The lowest BCUT2D eigenvalue weighted by Gasteiger charge is -2.40. The number of thiocarbonyl (C=S) groups is 1. The van der Waals surface area contributed by atoms with Crippen LogP contribution in [-0.4, -0.2) is 39.8 Å². The van der Waals surface area contributed by atoms with Gasteiger partial charge in [0.1, 0.15) is 17.9 Å². The fourth-order valence-electron chi connectivity index (χ4n) is 2.40. The van der Waals surface area contributed by atoms with Gasteiger partial charge in [-0.25, -0.2) is 0 Å². The number of Topliss-reactive ketones (excluding diaryl/α,β-unsaturated/α-hetero) is 1. The largest absolute Gasteiger partial charge is 0.459 e. The first kappa shape index (κ1) is 18.1. The zero-order chi connectivity index (χ0) is 16.2. The van der Waals surface area contributed by atoms with Gasteiger partial charge in [-0.05, 0) is 47.0 Å². The highest BCUT2D eigenvalue weighted by Crippen LogP contribution is 2.27. The van der Waals surface area contributed by atoms with Crippen molar-refractivity contribution in [3.8, 4) is 0 Å². The molecule has 21 heavy (non-hydrogen) atoms. The molecule has 1 fully saturated rings. The second kappa shape index (κ2) is 7.34. The lowest BCUT2D eigenvalue weighted by molar-refractivity contribution is -0.155. The zero-order valence-electron chi connectivity index (χ0n) is 13.8. The summed E-state index contributed by atoms with van der Waals surface area (Å²) in [6, 6.07) is 0.319. The van der Waals surface area contributed by atoms with E-state index in [1.54, 1.807) is 6.92 Å². The maximum atomic E-state index is 12.1. The summed E-state index contributed by atoms with van der Waals surface area (Å²) in [5.41, 5.74) is -0.491. The number of carbonyl (C=O) groups excluding carboxylic acids is 2. The highest BCUT2D eigenvalue weighted by atomic mass is 32.1. The minimum Gasteiger partial charge on any atom is -0.459 e. The van der Waals surface area contributed by atoms with Crippen LogP contribution in [-0.2, 0) is 14.3 Å². The van der Waals surface area contributed by atoms with Crippen LogP contribution in [0.5, 0.6) is 0 Å². The number of hydrogen-bond donors (Lipinski definition) is 0. The fraction of sp³-hybridized carbons (Fsp3) is 0.812. The van der Waals surface area contributed by atoms with Crippen LogP contribution >= 0.6 is 12.2 Å². The molecule has 0 spiro atoms. The molecule has 1 rings (SSSR count). The smallest absolute Gasteiger partial charge is 0.326 e. The van der Waals surface area contributed by atoms with Crippen LogP contribution < -0.4 is 0 Å². The lowest BCUT2D eigenvalue weighted by Crippen LogP contribution is -2.49. The minimum absolute atomic E-state index is 0.0134. The summed E-state index contributed by atoms with van der Waals surface area (Å²) in [4.78, 5) is 26.0. The Hall–Kier alpha value is -0.970. The van der Waals surface area contributed by atoms with Crippen LogP contribution in [0, 0.1) is 5.92 Å². The van der Waals surface area contributed by atoms with Gasteiger partial charge in [0.05, 0.1) is 4.99 Å². The number of ether oxygens (including phenoxy) is 1. The second-order valence-corrected chi connectivity index (χ2v) is 7.36. The predicted molar refractivity (Wildman–Crippen MR) is 87.3 cm³/mol. The van der Waals surface area contributed by atoms with Gasteiger partial charge in [0.15, 0.2) is 0 Å². The van der Waals surface area contributed by atoms with Crippen LogP contribution in [0.1, 0.15) is 60.3 Å². The molecule has 5 heteroatoms. The van der Waals surface area contributed by atoms with Crippen molar-refractivity contribution in [2.24, 2.45) is 5.92 Å². The monoisotopic (exact) mass is 313 g/mol. The molecule has 0 aromatic carbocycles. The maximum Gasteiger partial charge on any atom is 0.326 e. The van der Waals surface area contributed by atoms with E-state index in [2.05, 4.69) is 0 Å². The molecule has 0 aromatic rings. The molecule has 1 atom stereocenters. The summed E-state index contributed by atoms with van der Waals surface area (Å²) in [5, 5.41) is 0. The third-order valence-corrected chi connectivity index (χ3v) is 4.17. The fourth-order valence-corrected chi connectivity index (χ4v) is 2.70. The molecule has 0 aromatic heterocycles.